The third-order valence-electron chi connectivity index (χ3n) is 2.47. The summed E-state index contributed by atoms with van der Waals surface area (Å²) in [4.78, 5) is 8.46. The number of rotatable bonds is 3. The molecule has 0 amide bonds. The molecule has 2 N–H and O–H groups in total. The Bertz CT molecular complexity index is 483. The number of thiazole rings is 1. The summed E-state index contributed by atoms with van der Waals surface area (Å²) in [7, 11) is 0. The molecule has 16 heavy (non-hydrogen) atoms. The topological polar surface area (TPSA) is 38.9 Å². The number of aromatic nitrogens is 1. The Hall–Kier alpha value is -0.710. The van der Waals surface area contributed by atoms with Crippen molar-refractivity contribution in [1.29, 1.82) is 0 Å². The van der Waals surface area contributed by atoms with Crippen LogP contribution in [0.3, 0.4) is 0 Å². The first-order valence-corrected chi connectivity index (χ1v) is 7.07. The number of nitrogens with two attached hydrogens (primary N) is 1. The molecular formula is C12H16N2S2. The SMILES string of the molecule is CCc1ccc(-c2nc(C)c(C(C)N)s2)s1. The van der Waals surface area contributed by atoms with Crippen LogP contribution in [0.4, 0.5) is 0 Å². The van der Waals surface area contributed by atoms with Crippen LogP contribution in [0.2, 0.25) is 0 Å². The minimum absolute atomic E-state index is 0.0804. The fraction of sp³-hybridized carbons (Fsp3) is 0.417. The van der Waals surface area contributed by atoms with Crippen LogP contribution in [0.1, 0.15) is 35.3 Å². The van der Waals surface area contributed by atoms with Crippen LogP contribution in [0.5, 0.6) is 0 Å². The highest BCUT2D eigenvalue weighted by Gasteiger charge is 2.13. The largest absolute Gasteiger partial charge is 0.323 e. The van der Waals surface area contributed by atoms with Crippen molar-refractivity contribution in [2.45, 2.75) is 33.2 Å². The van der Waals surface area contributed by atoms with Crippen molar-refractivity contribution in [2.24, 2.45) is 5.73 Å². The zero-order valence-electron chi connectivity index (χ0n) is 9.78. The average Bonchev–Trinajstić information content (AvgIpc) is 2.83. The predicted molar refractivity (Wildman–Crippen MR) is 72.1 cm³/mol. The van der Waals surface area contributed by atoms with E-state index in [9.17, 15) is 0 Å². The minimum Gasteiger partial charge on any atom is -0.323 e. The van der Waals surface area contributed by atoms with E-state index in [1.165, 1.54) is 14.6 Å². The minimum atomic E-state index is 0.0804. The van der Waals surface area contributed by atoms with Crippen molar-refractivity contribution in [3.05, 3.63) is 27.6 Å². The highest BCUT2D eigenvalue weighted by molar-refractivity contribution is 7.21. The Kier molecular flexibility index (Phi) is 3.42. The maximum atomic E-state index is 5.91. The highest BCUT2D eigenvalue weighted by atomic mass is 32.1. The summed E-state index contributed by atoms with van der Waals surface area (Å²) in [5.74, 6) is 0. The molecule has 2 nitrogen and oxygen atoms in total. The summed E-state index contributed by atoms with van der Waals surface area (Å²) in [5, 5.41) is 1.11. The lowest BCUT2D eigenvalue weighted by Crippen LogP contribution is -2.03. The van der Waals surface area contributed by atoms with Crippen LogP contribution in [-0.4, -0.2) is 4.98 Å². The third kappa shape index (κ3) is 2.19. The van der Waals surface area contributed by atoms with Gasteiger partial charge in [0.25, 0.3) is 0 Å². The van der Waals surface area contributed by atoms with Crippen molar-refractivity contribution in [3.63, 3.8) is 0 Å². The van der Waals surface area contributed by atoms with Gasteiger partial charge < -0.3 is 5.73 Å². The first kappa shape index (κ1) is 11.8. The highest BCUT2D eigenvalue weighted by Crippen LogP contribution is 2.34. The van der Waals surface area contributed by atoms with Crippen LogP contribution >= 0.6 is 22.7 Å². The molecule has 2 aromatic rings. The Morgan fingerprint density at radius 3 is 2.62 bits per heavy atom. The number of hydrogen-bond acceptors (Lipinski definition) is 4. The van der Waals surface area contributed by atoms with E-state index < -0.39 is 0 Å². The molecule has 0 spiro atoms. The number of thiophene rings is 1. The molecular weight excluding hydrogens is 236 g/mol. The summed E-state index contributed by atoms with van der Waals surface area (Å²) in [6.07, 6.45) is 1.09. The number of aryl methyl sites for hydroxylation is 2. The van der Waals surface area contributed by atoms with Crippen molar-refractivity contribution in [1.82, 2.24) is 4.98 Å². The quantitative estimate of drug-likeness (QED) is 0.903. The van der Waals surface area contributed by atoms with E-state index in [4.69, 9.17) is 5.73 Å². The van der Waals surface area contributed by atoms with Crippen molar-refractivity contribution >= 4 is 22.7 Å². The van der Waals surface area contributed by atoms with Gasteiger partial charge in [0.05, 0.1) is 10.6 Å². The van der Waals surface area contributed by atoms with Gasteiger partial charge in [-0.25, -0.2) is 4.98 Å². The summed E-state index contributed by atoms with van der Waals surface area (Å²) in [5.41, 5.74) is 6.98. The zero-order chi connectivity index (χ0) is 11.7. The maximum Gasteiger partial charge on any atom is 0.133 e. The Labute approximate surface area is 104 Å². The molecule has 0 aliphatic heterocycles. The molecule has 2 rings (SSSR count). The maximum absolute atomic E-state index is 5.91. The Morgan fingerprint density at radius 2 is 2.12 bits per heavy atom. The summed E-state index contributed by atoms with van der Waals surface area (Å²) >= 11 is 3.55. The van der Waals surface area contributed by atoms with Crippen LogP contribution in [0.25, 0.3) is 9.88 Å². The first-order chi connectivity index (χ1) is 7.61. The molecule has 0 radical (unpaired) electrons. The van der Waals surface area contributed by atoms with E-state index in [0.29, 0.717) is 0 Å². The second-order valence-electron chi connectivity index (χ2n) is 3.88. The van der Waals surface area contributed by atoms with Gasteiger partial charge in [-0.3, -0.25) is 0 Å². The van der Waals surface area contributed by atoms with Gasteiger partial charge >= 0.3 is 0 Å². The molecule has 86 valence electrons. The second kappa shape index (κ2) is 4.65. The summed E-state index contributed by atoms with van der Waals surface area (Å²) in [6.45, 7) is 6.22. The molecule has 4 heteroatoms. The Morgan fingerprint density at radius 1 is 1.38 bits per heavy atom. The van der Waals surface area contributed by atoms with Crippen molar-refractivity contribution in [3.8, 4) is 9.88 Å². The monoisotopic (exact) mass is 252 g/mol. The van der Waals surface area contributed by atoms with E-state index in [2.05, 4.69) is 24.0 Å². The van der Waals surface area contributed by atoms with Gasteiger partial charge in [-0.1, -0.05) is 6.92 Å². The number of hydrogen-bond donors (Lipinski definition) is 1. The van der Waals surface area contributed by atoms with Gasteiger partial charge in [-0.2, -0.15) is 0 Å². The van der Waals surface area contributed by atoms with Crippen molar-refractivity contribution in [2.75, 3.05) is 0 Å². The summed E-state index contributed by atoms with van der Waals surface area (Å²) in [6, 6.07) is 4.42. The van der Waals surface area contributed by atoms with E-state index in [1.807, 2.05) is 25.2 Å². The molecule has 0 saturated heterocycles. The zero-order valence-corrected chi connectivity index (χ0v) is 11.4. The molecule has 0 fully saturated rings. The standard InChI is InChI=1S/C12H16N2S2/c1-4-9-5-6-10(15-9)12-14-8(3)11(16-12)7(2)13/h5-7H,4,13H2,1-3H3. The van der Waals surface area contributed by atoms with Crippen LogP contribution < -0.4 is 5.73 Å². The van der Waals surface area contributed by atoms with Gasteiger partial charge in [-0.05, 0) is 32.4 Å². The molecule has 0 bridgehead atoms. The second-order valence-corrected chi connectivity index (χ2v) is 6.08. The van der Waals surface area contributed by atoms with Gasteiger partial charge in [0, 0.05) is 15.8 Å². The lowest BCUT2D eigenvalue weighted by atomic mass is 10.2. The molecule has 0 aromatic carbocycles. The van der Waals surface area contributed by atoms with Gasteiger partial charge in [0.2, 0.25) is 0 Å². The van der Waals surface area contributed by atoms with Gasteiger partial charge in [0.1, 0.15) is 5.01 Å². The summed E-state index contributed by atoms with van der Waals surface area (Å²) < 4.78 is 0. The molecule has 0 aliphatic rings. The lowest BCUT2D eigenvalue weighted by Gasteiger charge is -1.99. The number of nitrogens with zero attached hydrogens (tertiary/aromatic N) is 1. The van der Waals surface area contributed by atoms with Crippen LogP contribution in [-0.2, 0) is 6.42 Å². The predicted octanol–water partition coefficient (Wildman–Crippen LogP) is 3.76. The molecule has 0 saturated carbocycles. The van der Waals surface area contributed by atoms with Crippen molar-refractivity contribution < 1.29 is 0 Å². The van der Waals surface area contributed by atoms with E-state index in [1.54, 1.807) is 11.3 Å². The van der Waals surface area contributed by atoms with E-state index in [0.717, 1.165) is 17.1 Å². The van der Waals surface area contributed by atoms with E-state index >= 15 is 0 Å². The molecule has 2 aromatic heterocycles. The molecule has 1 atom stereocenters. The molecule has 2 heterocycles. The fourth-order valence-corrected chi connectivity index (χ4v) is 3.64. The fourth-order valence-electron chi connectivity index (χ4n) is 1.62. The van der Waals surface area contributed by atoms with Crippen LogP contribution in [0.15, 0.2) is 12.1 Å². The third-order valence-corrected chi connectivity index (χ3v) is 5.22. The first-order valence-electron chi connectivity index (χ1n) is 5.43. The lowest BCUT2D eigenvalue weighted by molar-refractivity contribution is 0.825. The normalized spacial score (nSPS) is 13.0. The average molecular weight is 252 g/mol. The smallest absolute Gasteiger partial charge is 0.133 e. The van der Waals surface area contributed by atoms with E-state index in [-0.39, 0.29) is 6.04 Å². The van der Waals surface area contributed by atoms with Crippen LogP contribution in [0, 0.1) is 6.92 Å². The Balaban J connectivity index is 2.37. The molecule has 0 aliphatic carbocycles. The van der Waals surface area contributed by atoms with Gasteiger partial charge in [0.15, 0.2) is 0 Å². The molecule has 1 unspecified atom stereocenters. The van der Waals surface area contributed by atoms with Gasteiger partial charge in [-0.15, -0.1) is 22.7 Å².